The molecule has 1 aromatic carbocycles. The van der Waals surface area contributed by atoms with Crippen LogP contribution in [0.3, 0.4) is 0 Å². The van der Waals surface area contributed by atoms with Gasteiger partial charge in [0.2, 0.25) is 11.8 Å². The van der Waals surface area contributed by atoms with Crippen molar-refractivity contribution in [1.29, 1.82) is 0 Å². The van der Waals surface area contributed by atoms with E-state index in [1.54, 1.807) is 35.2 Å². The van der Waals surface area contributed by atoms with Crippen LogP contribution in [0, 0.1) is 17.7 Å². The van der Waals surface area contributed by atoms with Crippen LogP contribution < -0.4 is 0 Å². The van der Waals surface area contributed by atoms with Gasteiger partial charge in [-0.2, -0.15) is 0 Å². The molecule has 2 saturated heterocycles. The maximum absolute atomic E-state index is 13.3. The van der Waals surface area contributed by atoms with Gasteiger partial charge in [0.25, 0.3) is 0 Å². The van der Waals surface area contributed by atoms with Crippen LogP contribution in [-0.2, 0) is 34.5 Å². The summed E-state index contributed by atoms with van der Waals surface area (Å²) in [6.07, 6.45) is 6.98. The topological polar surface area (TPSA) is 67.7 Å². The summed E-state index contributed by atoms with van der Waals surface area (Å²) in [5.41, 5.74) is 0.0843. The van der Waals surface area contributed by atoms with Crippen LogP contribution in [0.5, 0.6) is 0 Å². The highest BCUT2D eigenvalue weighted by Crippen LogP contribution is 2.52. The van der Waals surface area contributed by atoms with Crippen LogP contribution in [0.1, 0.15) is 11.4 Å². The number of ether oxygens (including phenoxy) is 1. The average Bonchev–Trinajstić information content (AvgIpc) is 3.46. The minimum atomic E-state index is -0.758. The lowest BCUT2D eigenvalue weighted by Gasteiger charge is -2.27. The van der Waals surface area contributed by atoms with Gasteiger partial charge in [0.05, 0.1) is 31.0 Å². The summed E-state index contributed by atoms with van der Waals surface area (Å²) in [6, 6.07) is 6.11. The molecule has 2 bridgehead atoms. The molecule has 0 unspecified atom stereocenters. The average molecular weight is 410 g/mol. The normalized spacial score (nSPS) is 29.0. The summed E-state index contributed by atoms with van der Waals surface area (Å²) in [6.45, 7) is 1.12. The number of halogens is 1. The largest absolute Gasteiger partial charge is 0.360 e. The van der Waals surface area contributed by atoms with Crippen molar-refractivity contribution >= 4 is 11.8 Å². The fourth-order valence-electron chi connectivity index (χ4n) is 4.90. The Bertz CT molecular complexity index is 1030. The molecule has 1 aromatic heterocycles. The van der Waals surface area contributed by atoms with Gasteiger partial charge in [0.1, 0.15) is 17.2 Å². The van der Waals surface area contributed by atoms with E-state index in [4.69, 9.17) is 4.74 Å². The van der Waals surface area contributed by atoms with Crippen molar-refractivity contribution in [2.75, 3.05) is 13.6 Å². The fourth-order valence-corrected chi connectivity index (χ4v) is 4.90. The Morgan fingerprint density at radius 3 is 2.83 bits per heavy atom. The summed E-state index contributed by atoms with van der Waals surface area (Å²) < 4.78 is 21.3. The standard InChI is InChI=1S/C22H23FN4O3/c1-25-10-9-24-17(25)12-26(2)20(28)18-16-7-8-22(30-16)13-27(21(29)19(18)22)11-14-3-5-15(23)6-4-14/h3-10,16,18-19H,11-13H2,1-2H3/t16-,18-,19+,22-/m0/s1. The van der Waals surface area contributed by atoms with E-state index in [0.29, 0.717) is 19.6 Å². The number of fused-ring (bicyclic) bond motifs is 1. The van der Waals surface area contributed by atoms with E-state index in [0.717, 1.165) is 11.4 Å². The SMILES string of the molecule is CN(Cc1nccn1C)C(=O)[C@H]1[C@@H]2C=C[C@@]3(CN(Cc4ccc(F)cc4)C(=O)[C@@H]13)O2. The smallest absolute Gasteiger partial charge is 0.230 e. The molecule has 3 aliphatic heterocycles. The second-order valence-corrected chi connectivity index (χ2v) is 8.37. The number of imidazole rings is 1. The minimum Gasteiger partial charge on any atom is -0.360 e. The van der Waals surface area contributed by atoms with Gasteiger partial charge in [0.15, 0.2) is 0 Å². The molecule has 3 aliphatic rings. The van der Waals surface area contributed by atoms with Crippen LogP contribution in [0.15, 0.2) is 48.8 Å². The number of amides is 2. The van der Waals surface area contributed by atoms with Gasteiger partial charge in [0, 0.05) is 33.0 Å². The number of nitrogens with zero attached hydrogens (tertiary/aromatic N) is 4. The Morgan fingerprint density at radius 1 is 1.37 bits per heavy atom. The molecule has 5 rings (SSSR count). The van der Waals surface area contributed by atoms with Crippen molar-refractivity contribution in [3.8, 4) is 0 Å². The highest BCUT2D eigenvalue weighted by atomic mass is 19.1. The molecule has 4 atom stereocenters. The molecule has 30 heavy (non-hydrogen) atoms. The third-order valence-electron chi connectivity index (χ3n) is 6.43. The number of hydrogen-bond donors (Lipinski definition) is 0. The second-order valence-electron chi connectivity index (χ2n) is 8.37. The number of carbonyl (C=O) groups excluding carboxylic acids is 2. The number of hydrogen-bond acceptors (Lipinski definition) is 4. The Labute approximate surface area is 173 Å². The van der Waals surface area contributed by atoms with Crippen LogP contribution in [0.25, 0.3) is 0 Å². The zero-order chi connectivity index (χ0) is 21.0. The number of carbonyl (C=O) groups is 2. The number of aryl methyl sites for hydroxylation is 1. The molecule has 2 fully saturated rings. The summed E-state index contributed by atoms with van der Waals surface area (Å²) >= 11 is 0. The summed E-state index contributed by atoms with van der Waals surface area (Å²) in [7, 11) is 3.61. The molecule has 0 radical (unpaired) electrons. The van der Waals surface area contributed by atoms with Gasteiger partial charge in [-0.3, -0.25) is 9.59 Å². The summed E-state index contributed by atoms with van der Waals surface area (Å²) in [5, 5.41) is 0. The maximum atomic E-state index is 13.3. The highest BCUT2D eigenvalue weighted by molar-refractivity contribution is 5.93. The summed E-state index contributed by atoms with van der Waals surface area (Å²) in [5.74, 6) is -0.828. The third kappa shape index (κ3) is 2.86. The predicted octanol–water partition coefficient (Wildman–Crippen LogP) is 1.50. The molecule has 8 heteroatoms. The first-order valence-electron chi connectivity index (χ1n) is 9.99. The van der Waals surface area contributed by atoms with E-state index in [-0.39, 0.29) is 23.7 Å². The molecule has 0 N–H and O–H groups in total. The molecular weight excluding hydrogens is 387 g/mol. The zero-order valence-electron chi connectivity index (χ0n) is 16.9. The van der Waals surface area contributed by atoms with E-state index in [1.165, 1.54) is 12.1 Å². The monoisotopic (exact) mass is 410 g/mol. The Morgan fingerprint density at radius 2 is 2.13 bits per heavy atom. The third-order valence-corrected chi connectivity index (χ3v) is 6.43. The quantitative estimate of drug-likeness (QED) is 0.701. The molecule has 156 valence electrons. The lowest BCUT2D eigenvalue weighted by atomic mass is 9.76. The molecule has 2 amide bonds. The van der Waals surface area contributed by atoms with E-state index in [1.807, 2.05) is 30.0 Å². The predicted molar refractivity (Wildman–Crippen MR) is 105 cm³/mol. The van der Waals surface area contributed by atoms with Crippen molar-refractivity contribution in [3.63, 3.8) is 0 Å². The first-order chi connectivity index (χ1) is 14.4. The molecule has 2 aromatic rings. The molecule has 0 saturated carbocycles. The lowest BCUT2D eigenvalue weighted by molar-refractivity contribution is -0.143. The molecular formula is C22H23FN4O3. The minimum absolute atomic E-state index is 0.0880. The van der Waals surface area contributed by atoms with Crippen LogP contribution >= 0.6 is 0 Å². The molecule has 7 nitrogen and oxygen atoms in total. The van der Waals surface area contributed by atoms with E-state index in [9.17, 15) is 14.0 Å². The van der Waals surface area contributed by atoms with Crippen molar-refractivity contribution in [2.45, 2.75) is 24.8 Å². The summed E-state index contributed by atoms with van der Waals surface area (Å²) in [4.78, 5) is 34.2. The lowest BCUT2D eigenvalue weighted by Crippen LogP contribution is -2.44. The number of aromatic nitrogens is 2. The molecule has 0 aliphatic carbocycles. The zero-order valence-corrected chi connectivity index (χ0v) is 16.9. The number of likely N-dealkylation sites (tertiary alicyclic amines) is 1. The fraction of sp³-hybridized carbons (Fsp3) is 0.409. The Balaban J connectivity index is 1.36. The van der Waals surface area contributed by atoms with E-state index < -0.39 is 17.4 Å². The highest BCUT2D eigenvalue weighted by Gasteiger charge is 2.67. The maximum Gasteiger partial charge on any atom is 0.230 e. The van der Waals surface area contributed by atoms with Crippen LogP contribution in [-0.4, -0.2) is 56.5 Å². The van der Waals surface area contributed by atoms with Gasteiger partial charge >= 0.3 is 0 Å². The van der Waals surface area contributed by atoms with Crippen molar-refractivity contribution in [3.05, 3.63) is 66.0 Å². The Kier molecular flexibility index (Phi) is 4.28. The van der Waals surface area contributed by atoms with Gasteiger partial charge in [-0.25, -0.2) is 9.37 Å². The number of rotatable bonds is 5. The van der Waals surface area contributed by atoms with Gasteiger partial charge < -0.3 is 19.1 Å². The van der Waals surface area contributed by atoms with Crippen LogP contribution in [0.2, 0.25) is 0 Å². The van der Waals surface area contributed by atoms with Gasteiger partial charge in [-0.05, 0) is 17.7 Å². The first-order valence-corrected chi connectivity index (χ1v) is 9.99. The van der Waals surface area contributed by atoms with Crippen molar-refractivity contribution in [2.24, 2.45) is 18.9 Å². The molecule has 4 heterocycles. The van der Waals surface area contributed by atoms with Crippen molar-refractivity contribution in [1.82, 2.24) is 19.4 Å². The van der Waals surface area contributed by atoms with Crippen molar-refractivity contribution < 1.29 is 18.7 Å². The van der Waals surface area contributed by atoms with Gasteiger partial charge in [-0.1, -0.05) is 24.3 Å². The Hall–Kier alpha value is -3.00. The second kappa shape index (κ2) is 6.77. The number of benzene rings is 1. The van der Waals surface area contributed by atoms with E-state index >= 15 is 0 Å². The van der Waals surface area contributed by atoms with Crippen LogP contribution in [0.4, 0.5) is 4.39 Å². The molecule has 1 spiro atoms. The first kappa shape index (κ1) is 19.0. The van der Waals surface area contributed by atoms with E-state index in [2.05, 4.69) is 4.98 Å². The van der Waals surface area contributed by atoms with Gasteiger partial charge in [-0.15, -0.1) is 0 Å².